The van der Waals surface area contributed by atoms with Crippen molar-refractivity contribution in [3.05, 3.63) is 76.0 Å². The second-order valence-electron chi connectivity index (χ2n) is 6.75. The van der Waals surface area contributed by atoms with Crippen LogP contribution in [-0.2, 0) is 9.59 Å². The van der Waals surface area contributed by atoms with Crippen molar-refractivity contribution in [1.82, 2.24) is 0 Å². The molecule has 5 heteroatoms. The average Bonchev–Trinajstić information content (AvgIpc) is 2.88. The summed E-state index contributed by atoms with van der Waals surface area (Å²) >= 11 is 3.39. The van der Waals surface area contributed by atoms with E-state index in [2.05, 4.69) is 15.9 Å². The summed E-state index contributed by atoms with van der Waals surface area (Å²) in [5.74, 6) is -1.06. The summed E-state index contributed by atoms with van der Waals surface area (Å²) in [6, 6.07) is 15.9. The Kier molecular flexibility index (Phi) is 5.28. The van der Waals surface area contributed by atoms with Gasteiger partial charge in [-0.05, 0) is 35.7 Å². The van der Waals surface area contributed by atoms with E-state index in [-0.39, 0.29) is 23.7 Å². The number of carbonyl (C=O) groups excluding carboxylic acids is 2. The van der Waals surface area contributed by atoms with Crippen LogP contribution in [0.5, 0.6) is 0 Å². The Morgan fingerprint density at radius 1 is 1.12 bits per heavy atom. The van der Waals surface area contributed by atoms with E-state index in [0.29, 0.717) is 5.69 Å². The Morgan fingerprint density at radius 2 is 1.73 bits per heavy atom. The van der Waals surface area contributed by atoms with Gasteiger partial charge in [0.2, 0.25) is 0 Å². The van der Waals surface area contributed by atoms with E-state index in [9.17, 15) is 14.7 Å². The molecule has 0 radical (unpaired) electrons. The maximum absolute atomic E-state index is 12.8. The Labute approximate surface area is 161 Å². The highest BCUT2D eigenvalue weighted by Crippen LogP contribution is 2.41. The molecule has 2 aromatic carbocycles. The molecule has 1 aliphatic rings. The largest absolute Gasteiger partial charge is 0.503 e. The zero-order chi connectivity index (χ0) is 18.8. The Balaban J connectivity index is 2.12. The lowest BCUT2D eigenvalue weighted by molar-refractivity contribution is -0.118. The highest BCUT2D eigenvalue weighted by Gasteiger charge is 2.44. The van der Waals surface area contributed by atoms with Crippen molar-refractivity contribution in [1.29, 1.82) is 0 Å². The van der Waals surface area contributed by atoms with Gasteiger partial charge in [0.25, 0.3) is 5.91 Å². The van der Waals surface area contributed by atoms with Crippen molar-refractivity contribution in [3.63, 3.8) is 0 Å². The van der Waals surface area contributed by atoms with Crippen LogP contribution in [0.15, 0.2) is 70.4 Å². The van der Waals surface area contributed by atoms with Crippen LogP contribution >= 0.6 is 15.9 Å². The fraction of sp³-hybridized carbons (Fsp3) is 0.238. The van der Waals surface area contributed by atoms with Gasteiger partial charge >= 0.3 is 0 Å². The normalized spacial score (nSPS) is 17.3. The van der Waals surface area contributed by atoms with Crippen LogP contribution < -0.4 is 4.90 Å². The molecular formula is C21H20BrNO3. The first kappa shape index (κ1) is 18.4. The van der Waals surface area contributed by atoms with Gasteiger partial charge < -0.3 is 5.11 Å². The zero-order valence-electron chi connectivity index (χ0n) is 14.6. The Bertz CT molecular complexity index is 857. The van der Waals surface area contributed by atoms with Crippen LogP contribution in [0, 0.1) is 5.92 Å². The number of Topliss-reactive ketones (excluding diaryl/α,β-unsaturated/α-hetero) is 1. The smallest absolute Gasteiger partial charge is 0.294 e. The number of nitrogens with zero attached hydrogens (tertiary/aromatic N) is 1. The molecule has 2 aromatic rings. The van der Waals surface area contributed by atoms with E-state index in [1.807, 2.05) is 56.3 Å². The van der Waals surface area contributed by atoms with Crippen molar-refractivity contribution in [2.75, 3.05) is 4.90 Å². The van der Waals surface area contributed by atoms with Crippen LogP contribution in [0.25, 0.3) is 0 Å². The minimum absolute atomic E-state index is 0.135. The predicted octanol–water partition coefficient (Wildman–Crippen LogP) is 4.96. The number of aliphatic hydroxyl groups is 1. The predicted molar refractivity (Wildman–Crippen MR) is 105 cm³/mol. The molecule has 1 aliphatic heterocycles. The molecule has 0 saturated carbocycles. The third-order valence-corrected chi connectivity index (χ3v) is 4.85. The van der Waals surface area contributed by atoms with Gasteiger partial charge in [0.1, 0.15) is 0 Å². The van der Waals surface area contributed by atoms with E-state index >= 15 is 0 Å². The van der Waals surface area contributed by atoms with Gasteiger partial charge in [-0.2, -0.15) is 0 Å². The lowest BCUT2D eigenvalue weighted by atomic mass is 9.92. The molecule has 0 aromatic heterocycles. The molecule has 0 aliphatic carbocycles. The summed E-state index contributed by atoms with van der Waals surface area (Å²) in [7, 11) is 0. The number of hydrogen-bond acceptors (Lipinski definition) is 3. The topological polar surface area (TPSA) is 57.6 Å². The number of aliphatic hydroxyl groups excluding tert-OH is 1. The lowest BCUT2D eigenvalue weighted by Crippen LogP contribution is -2.31. The highest BCUT2D eigenvalue weighted by atomic mass is 79.9. The fourth-order valence-corrected chi connectivity index (χ4v) is 3.45. The molecule has 1 unspecified atom stereocenters. The number of rotatable bonds is 5. The van der Waals surface area contributed by atoms with Crippen LogP contribution in [-0.4, -0.2) is 16.8 Å². The van der Waals surface area contributed by atoms with Gasteiger partial charge in [0, 0.05) is 16.6 Å². The number of ketones is 1. The molecule has 4 nitrogen and oxygen atoms in total. The molecule has 1 N–H and O–H groups in total. The maximum Gasteiger partial charge on any atom is 0.294 e. The second-order valence-corrected chi connectivity index (χ2v) is 7.66. The van der Waals surface area contributed by atoms with Gasteiger partial charge in [-0.15, -0.1) is 0 Å². The van der Waals surface area contributed by atoms with Crippen LogP contribution in [0.1, 0.15) is 31.9 Å². The Hall–Kier alpha value is -2.40. The Morgan fingerprint density at radius 3 is 2.31 bits per heavy atom. The molecule has 0 fully saturated rings. The molecule has 3 rings (SSSR count). The molecule has 26 heavy (non-hydrogen) atoms. The molecule has 1 heterocycles. The van der Waals surface area contributed by atoms with E-state index in [0.717, 1.165) is 10.0 Å². The lowest BCUT2D eigenvalue weighted by Gasteiger charge is -2.27. The maximum atomic E-state index is 12.8. The summed E-state index contributed by atoms with van der Waals surface area (Å²) in [6.45, 7) is 3.88. The monoisotopic (exact) mass is 413 g/mol. The highest BCUT2D eigenvalue weighted by molar-refractivity contribution is 9.10. The van der Waals surface area contributed by atoms with E-state index in [1.165, 1.54) is 4.90 Å². The van der Waals surface area contributed by atoms with Gasteiger partial charge in [-0.3, -0.25) is 14.5 Å². The molecular weight excluding hydrogens is 394 g/mol. The standard InChI is InChI=1S/C21H20BrNO3/c1-13(2)12-17(24)18-19(14-6-4-3-5-7-14)23(21(26)20(18)25)16-10-8-15(22)9-11-16/h3-11,13,19,25H,12H2,1-2H3. The van der Waals surface area contributed by atoms with Gasteiger partial charge in [-0.1, -0.05) is 60.1 Å². The van der Waals surface area contributed by atoms with Gasteiger partial charge in [0.15, 0.2) is 11.5 Å². The van der Waals surface area contributed by atoms with E-state index in [1.54, 1.807) is 12.1 Å². The molecule has 1 amide bonds. The fourth-order valence-electron chi connectivity index (χ4n) is 3.19. The van der Waals surface area contributed by atoms with E-state index in [4.69, 9.17) is 0 Å². The number of halogens is 1. The molecule has 0 spiro atoms. The first-order chi connectivity index (χ1) is 12.4. The summed E-state index contributed by atoms with van der Waals surface area (Å²) in [6.07, 6.45) is 0.282. The quantitative estimate of drug-likeness (QED) is 0.752. The average molecular weight is 414 g/mol. The number of benzene rings is 2. The third kappa shape index (κ3) is 3.44. The third-order valence-electron chi connectivity index (χ3n) is 4.32. The van der Waals surface area contributed by atoms with Gasteiger partial charge in [-0.25, -0.2) is 0 Å². The SMILES string of the molecule is CC(C)CC(=O)C1=C(O)C(=O)N(c2ccc(Br)cc2)C1c1ccccc1. The van der Waals surface area contributed by atoms with Crippen molar-refractivity contribution in [2.24, 2.45) is 5.92 Å². The van der Waals surface area contributed by atoms with Crippen LogP contribution in [0.4, 0.5) is 5.69 Å². The number of hydrogen-bond donors (Lipinski definition) is 1. The first-order valence-corrected chi connectivity index (χ1v) is 9.30. The summed E-state index contributed by atoms with van der Waals surface area (Å²) < 4.78 is 0.887. The van der Waals surface area contributed by atoms with Crippen LogP contribution in [0.3, 0.4) is 0 Å². The van der Waals surface area contributed by atoms with Crippen molar-refractivity contribution in [3.8, 4) is 0 Å². The van der Waals surface area contributed by atoms with Crippen molar-refractivity contribution >= 4 is 33.3 Å². The van der Waals surface area contributed by atoms with E-state index < -0.39 is 17.7 Å². The zero-order valence-corrected chi connectivity index (χ0v) is 16.2. The summed E-state index contributed by atoms with van der Waals surface area (Å²) in [5, 5.41) is 10.5. The van der Waals surface area contributed by atoms with Gasteiger partial charge in [0.05, 0.1) is 11.6 Å². The summed E-state index contributed by atoms with van der Waals surface area (Å²) in [4.78, 5) is 27.1. The second kappa shape index (κ2) is 7.46. The number of anilines is 1. The number of carbonyl (C=O) groups is 2. The molecule has 0 bridgehead atoms. The molecule has 0 saturated heterocycles. The summed E-state index contributed by atoms with van der Waals surface area (Å²) in [5.41, 5.74) is 1.60. The molecule has 134 valence electrons. The first-order valence-electron chi connectivity index (χ1n) is 8.50. The van der Waals surface area contributed by atoms with Crippen molar-refractivity contribution < 1.29 is 14.7 Å². The van der Waals surface area contributed by atoms with Crippen LogP contribution in [0.2, 0.25) is 0 Å². The van der Waals surface area contributed by atoms with Crippen molar-refractivity contribution in [2.45, 2.75) is 26.3 Å². The minimum Gasteiger partial charge on any atom is -0.503 e. The minimum atomic E-state index is -0.629. The number of amides is 1. The molecule has 1 atom stereocenters.